The molecule has 0 aliphatic heterocycles. The van der Waals surface area contributed by atoms with Gasteiger partial charge < -0.3 is 0 Å². The SMILES string of the molecule is CC(C)n1ccc([Si](C)(C)CCC(F)(F)F)n1. The van der Waals surface area contributed by atoms with E-state index in [4.69, 9.17) is 0 Å². The second-order valence-corrected chi connectivity index (χ2v) is 10.1. The van der Waals surface area contributed by atoms with Crippen LogP contribution in [0.3, 0.4) is 0 Å². The number of hydrogen-bond acceptors (Lipinski definition) is 1. The average Bonchev–Trinajstić information content (AvgIpc) is 2.63. The highest BCUT2D eigenvalue weighted by molar-refractivity contribution is 6.89. The summed E-state index contributed by atoms with van der Waals surface area (Å²) >= 11 is 0. The quantitative estimate of drug-likeness (QED) is 0.763. The molecule has 2 nitrogen and oxygen atoms in total. The Morgan fingerprint density at radius 2 is 1.94 bits per heavy atom. The molecule has 98 valence electrons. The Balaban J connectivity index is 2.75. The molecule has 1 rings (SSSR count). The molecule has 0 saturated heterocycles. The lowest BCUT2D eigenvalue weighted by Crippen LogP contribution is -2.43. The Morgan fingerprint density at radius 1 is 1.35 bits per heavy atom. The zero-order chi connectivity index (χ0) is 13.3. The number of rotatable bonds is 4. The van der Waals surface area contributed by atoms with Crippen molar-refractivity contribution in [2.24, 2.45) is 0 Å². The van der Waals surface area contributed by atoms with E-state index in [1.54, 1.807) is 4.68 Å². The molecule has 1 aromatic rings. The first-order chi connectivity index (χ1) is 7.62. The van der Waals surface area contributed by atoms with E-state index in [-0.39, 0.29) is 12.1 Å². The Bertz CT molecular complexity index is 369. The molecular weight excluding hydrogens is 245 g/mol. The maximum atomic E-state index is 12.2. The van der Waals surface area contributed by atoms with E-state index in [9.17, 15) is 13.2 Å². The van der Waals surface area contributed by atoms with Gasteiger partial charge in [0.1, 0.15) is 8.07 Å². The van der Waals surface area contributed by atoms with Gasteiger partial charge in [-0.2, -0.15) is 18.3 Å². The molecule has 17 heavy (non-hydrogen) atoms. The molecule has 1 heterocycles. The number of aromatic nitrogens is 2. The van der Waals surface area contributed by atoms with Crippen LogP contribution < -0.4 is 5.32 Å². The van der Waals surface area contributed by atoms with E-state index in [0.29, 0.717) is 0 Å². The molecule has 0 bridgehead atoms. The van der Waals surface area contributed by atoms with Crippen LogP contribution in [-0.4, -0.2) is 24.0 Å². The Labute approximate surface area is 101 Å². The maximum Gasteiger partial charge on any atom is 0.388 e. The highest BCUT2D eigenvalue weighted by atomic mass is 28.3. The van der Waals surface area contributed by atoms with Gasteiger partial charge in [-0.3, -0.25) is 4.68 Å². The fourth-order valence-corrected chi connectivity index (χ4v) is 3.65. The third kappa shape index (κ3) is 4.18. The van der Waals surface area contributed by atoms with Crippen molar-refractivity contribution in [1.29, 1.82) is 0 Å². The first-order valence-electron chi connectivity index (χ1n) is 5.74. The molecular formula is C11H19F3N2Si. The van der Waals surface area contributed by atoms with Gasteiger partial charge in [-0.25, -0.2) is 0 Å². The van der Waals surface area contributed by atoms with Gasteiger partial charge in [0.25, 0.3) is 0 Å². The fourth-order valence-electron chi connectivity index (χ4n) is 1.57. The third-order valence-corrected chi connectivity index (χ3v) is 6.02. The van der Waals surface area contributed by atoms with Crippen LogP contribution in [0.1, 0.15) is 26.3 Å². The molecule has 0 aliphatic rings. The van der Waals surface area contributed by atoms with Crippen LogP contribution in [0.5, 0.6) is 0 Å². The van der Waals surface area contributed by atoms with E-state index >= 15 is 0 Å². The summed E-state index contributed by atoms with van der Waals surface area (Å²) in [6.07, 6.45) is -2.92. The summed E-state index contributed by atoms with van der Waals surface area (Å²) in [5.41, 5.74) is 0. The molecule has 0 amide bonds. The smallest absolute Gasteiger partial charge is 0.270 e. The Hall–Kier alpha value is -0.783. The van der Waals surface area contributed by atoms with Gasteiger partial charge in [0.15, 0.2) is 0 Å². The molecule has 0 fully saturated rings. The molecule has 0 aliphatic carbocycles. The normalized spacial score (nSPS) is 13.4. The van der Waals surface area contributed by atoms with Gasteiger partial charge in [0.2, 0.25) is 0 Å². The summed E-state index contributed by atoms with van der Waals surface area (Å²) in [7, 11) is -2.07. The zero-order valence-corrected chi connectivity index (χ0v) is 11.7. The minimum atomic E-state index is -4.06. The van der Waals surface area contributed by atoms with Crippen LogP contribution in [0, 0.1) is 0 Å². The van der Waals surface area contributed by atoms with Gasteiger partial charge in [0, 0.05) is 24.0 Å². The van der Waals surface area contributed by atoms with Crippen LogP contribution in [0.2, 0.25) is 19.1 Å². The van der Waals surface area contributed by atoms with Crippen molar-refractivity contribution in [1.82, 2.24) is 9.78 Å². The van der Waals surface area contributed by atoms with Crippen LogP contribution in [-0.2, 0) is 0 Å². The van der Waals surface area contributed by atoms with Crippen molar-refractivity contribution in [3.05, 3.63) is 12.3 Å². The average molecular weight is 264 g/mol. The summed E-state index contributed by atoms with van der Waals surface area (Å²) < 4.78 is 38.5. The monoisotopic (exact) mass is 264 g/mol. The van der Waals surface area contributed by atoms with Gasteiger partial charge >= 0.3 is 6.18 Å². The topological polar surface area (TPSA) is 17.8 Å². The van der Waals surface area contributed by atoms with E-state index in [0.717, 1.165) is 5.32 Å². The summed E-state index contributed by atoms with van der Waals surface area (Å²) in [4.78, 5) is 0. The molecule has 0 radical (unpaired) electrons. The predicted octanol–water partition coefficient (Wildman–Crippen LogP) is 3.33. The molecule has 6 heteroatoms. The summed E-state index contributed by atoms with van der Waals surface area (Å²) in [6, 6.07) is 2.31. The van der Waals surface area contributed by atoms with Gasteiger partial charge in [-0.1, -0.05) is 13.1 Å². The minimum Gasteiger partial charge on any atom is -0.270 e. The number of halogens is 3. The van der Waals surface area contributed by atoms with E-state index in [1.807, 2.05) is 39.2 Å². The van der Waals surface area contributed by atoms with Gasteiger partial charge in [0.05, 0.1) is 0 Å². The van der Waals surface area contributed by atoms with Crippen molar-refractivity contribution in [3.63, 3.8) is 0 Å². The zero-order valence-electron chi connectivity index (χ0n) is 10.7. The highest BCUT2D eigenvalue weighted by Gasteiger charge is 2.34. The predicted molar refractivity (Wildman–Crippen MR) is 65.2 cm³/mol. The minimum absolute atomic E-state index is 0.200. The Morgan fingerprint density at radius 3 is 2.35 bits per heavy atom. The maximum absolute atomic E-state index is 12.2. The summed E-state index contributed by atoms with van der Waals surface area (Å²) in [6.45, 7) is 7.87. The number of hydrogen-bond donors (Lipinski definition) is 0. The number of nitrogens with zero attached hydrogens (tertiary/aromatic N) is 2. The molecule has 0 aromatic carbocycles. The second-order valence-electron chi connectivity index (χ2n) is 5.27. The first-order valence-corrected chi connectivity index (χ1v) is 8.95. The van der Waals surface area contributed by atoms with E-state index in [1.165, 1.54) is 0 Å². The third-order valence-electron chi connectivity index (χ3n) is 2.86. The van der Waals surface area contributed by atoms with Crippen molar-refractivity contribution >= 4 is 13.4 Å². The largest absolute Gasteiger partial charge is 0.388 e. The van der Waals surface area contributed by atoms with Gasteiger partial charge in [-0.05, 0) is 26.0 Å². The van der Waals surface area contributed by atoms with Crippen molar-refractivity contribution in [2.45, 2.75) is 51.6 Å². The molecule has 0 spiro atoms. The summed E-state index contributed by atoms with van der Waals surface area (Å²) in [5, 5.41) is 5.25. The molecule has 0 N–H and O–H groups in total. The van der Waals surface area contributed by atoms with Crippen LogP contribution in [0.25, 0.3) is 0 Å². The van der Waals surface area contributed by atoms with Crippen molar-refractivity contribution in [2.75, 3.05) is 0 Å². The molecule has 0 atom stereocenters. The number of alkyl halides is 3. The Kier molecular flexibility index (Phi) is 4.06. The standard InChI is InChI=1S/C11H19F3N2Si/c1-9(2)16-7-5-10(15-16)17(3,4)8-6-11(12,13)14/h5,7,9H,6,8H2,1-4H3. The van der Waals surface area contributed by atoms with Crippen molar-refractivity contribution in [3.8, 4) is 0 Å². The lowest BCUT2D eigenvalue weighted by molar-refractivity contribution is -0.130. The first kappa shape index (κ1) is 14.3. The van der Waals surface area contributed by atoms with Crippen LogP contribution in [0.15, 0.2) is 12.3 Å². The van der Waals surface area contributed by atoms with E-state index in [2.05, 4.69) is 5.10 Å². The van der Waals surface area contributed by atoms with Crippen molar-refractivity contribution < 1.29 is 13.2 Å². The van der Waals surface area contributed by atoms with Gasteiger partial charge in [-0.15, -0.1) is 0 Å². The molecule has 0 saturated carbocycles. The second kappa shape index (κ2) is 4.84. The lowest BCUT2D eigenvalue weighted by Gasteiger charge is -2.20. The van der Waals surface area contributed by atoms with Crippen LogP contribution in [0.4, 0.5) is 13.2 Å². The fraction of sp³-hybridized carbons (Fsp3) is 0.727. The van der Waals surface area contributed by atoms with Crippen LogP contribution >= 0.6 is 0 Å². The lowest BCUT2D eigenvalue weighted by atomic mass is 10.4. The molecule has 1 aromatic heterocycles. The molecule has 0 unspecified atom stereocenters. The highest BCUT2D eigenvalue weighted by Crippen LogP contribution is 2.25. The summed E-state index contributed by atoms with van der Waals surface area (Å²) in [5.74, 6) is 0. The van der Waals surface area contributed by atoms with E-state index < -0.39 is 20.7 Å².